The van der Waals surface area contributed by atoms with Gasteiger partial charge in [0.2, 0.25) is 0 Å². The Hall–Kier alpha value is -2.45. The molecule has 7 nitrogen and oxygen atoms in total. The number of aromatic nitrogens is 2. The predicted octanol–water partition coefficient (Wildman–Crippen LogP) is 2.99. The van der Waals surface area contributed by atoms with E-state index >= 15 is 0 Å². The first-order valence-corrected chi connectivity index (χ1v) is 10.9. The van der Waals surface area contributed by atoms with Gasteiger partial charge >= 0.3 is 5.97 Å². The van der Waals surface area contributed by atoms with Crippen LogP contribution in [0, 0.1) is 0 Å². The minimum Gasteiger partial charge on any atom is -0.469 e. The van der Waals surface area contributed by atoms with Crippen LogP contribution in [0.3, 0.4) is 0 Å². The molecule has 4 rings (SSSR count). The zero-order valence-corrected chi connectivity index (χ0v) is 18.0. The molecule has 8 heteroatoms. The van der Waals surface area contributed by atoms with Crippen LogP contribution in [0.4, 0.5) is 0 Å². The van der Waals surface area contributed by atoms with Crippen LogP contribution in [0.1, 0.15) is 49.2 Å². The number of thiocarbonyl (C=S) groups is 1. The highest BCUT2D eigenvalue weighted by atomic mass is 32.1. The molecule has 2 aliphatic heterocycles. The van der Waals surface area contributed by atoms with Crippen molar-refractivity contribution in [2.45, 2.75) is 50.4 Å². The molecule has 1 N–H and O–H groups in total. The molecule has 0 saturated carbocycles. The molecule has 0 aromatic carbocycles. The minimum absolute atomic E-state index is 0.0125. The van der Waals surface area contributed by atoms with E-state index in [4.69, 9.17) is 21.7 Å². The number of hydrogen-bond acceptors (Lipinski definition) is 5. The second-order valence-corrected chi connectivity index (χ2v) is 8.11. The Labute approximate surface area is 182 Å². The second-order valence-electron chi connectivity index (χ2n) is 7.72. The zero-order valence-electron chi connectivity index (χ0n) is 17.2. The van der Waals surface area contributed by atoms with Gasteiger partial charge in [-0.1, -0.05) is 6.07 Å². The lowest BCUT2D eigenvalue weighted by atomic mass is 10.0. The number of carbonyl (C=O) groups excluding carboxylic acids is 1. The minimum atomic E-state index is -0.201. The maximum absolute atomic E-state index is 11.6. The average molecular weight is 429 g/mol. The molecular weight excluding hydrogens is 400 g/mol. The summed E-state index contributed by atoms with van der Waals surface area (Å²) in [4.78, 5) is 18.4. The van der Waals surface area contributed by atoms with E-state index in [9.17, 15) is 4.79 Å². The lowest BCUT2D eigenvalue weighted by Crippen LogP contribution is -2.32. The van der Waals surface area contributed by atoms with E-state index < -0.39 is 0 Å². The number of nitrogens with one attached hydrogen (secondary N) is 1. The molecule has 0 spiro atoms. The number of carbonyl (C=O) groups is 1. The number of methoxy groups -OCH3 is 1. The van der Waals surface area contributed by atoms with Crippen molar-refractivity contribution >= 4 is 23.3 Å². The van der Waals surface area contributed by atoms with Gasteiger partial charge in [-0.3, -0.25) is 9.78 Å². The van der Waals surface area contributed by atoms with E-state index in [1.165, 1.54) is 12.8 Å². The Bertz CT molecular complexity index is 866. The van der Waals surface area contributed by atoms with Crippen LogP contribution in [0.15, 0.2) is 42.7 Å². The van der Waals surface area contributed by atoms with E-state index in [0.717, 1.165) is 31.7 Å². The lowest BCUT2D eigenvalue weighted by Gasteiger charge is -2.29. The van der Waals surface area contributed by atoms with E-state index in [2.05, 4.69) is 38.1 Å². The lowest BCUT2D eigenvalue weighted by molar-refractivity contribution is -0.140. The predicted molar refractivity (Wildman–Crippen MR) is 117 cm³/mol. The molecule has 0 unspecified atom stereocenters. The van der Waals surface area contributed by atoms with Crippen LogP contribution in [0.5, 0.6) is 0 Å². The molecule has 160 valence electrons. The average Bonchev–Trinajstić information content (AvgIpc) is 3.50. The van der Waals surface area contributed by atoms with Crippen molar-refractivity contribution in [3.63, 3.8) is 0 Å². The van der Waals surface area contributed by atoms with Gasteiger partial charge in [-0.2, -0.15) is 0 Å². The summed E-state index contributed by atoms with van der Waals surface area (Å²) in [5.74, 6) is -0.201. The first kappa shape index (κ1) is 20.8. The van der Waals surface area contributed by atoms with Gasteiger partial charge in [-0.15, -0.1) is 0 Å². The van der Waals surface area contributed by atoms with Gasteiger partial charge in [0.1, 0.15) is 0 Å². The standard InChI is InChI=1S/C22H28N4O3S/c1-28-19(27)10-5-13-26-21(20(24-22(26)30)17-8-2-3-11-23-17)18-9-4-12-25(18)15-16-7-6-14-29-16/h2-4,8-9,11-12,16,20-21H,5-7,10,13-15H2,1H3,(H,24,30)/t16-,20-,21-/m0/s1. The summed E-state index contributed by atoms with van der Waals surface area (Å²) in [7, 11) is 1.42. The maximum Gasteiger partial charge on any atom is 0.305 e. The Morgan fingerprint density at radius 1 is 1.37 bits per heavy atom. The smallest absolute Gasteiger partial charge is 0.305 e. The first-order chi connectivity index (χ1) is 14.7. The van der Waals surface area contributed by atoms with Crippen LogP contribution >= 0.6 is 12.2 Å². The topological polar surface area (TPSA) is 68.6 Å². The monoisotopic (exact) mass is 428 g/mol. The normalized spacial score (nSPS) is 23.6. The number of rotatable bonds is 8. The van der Waals surface area contributed by atoms with Crippen molar-refractivity contribution in [3.8, 4) is 0 Å². The van der Waals surface area contributed by atoms with Crippen molar-refractivity contribution in [1.29, 1.82) is 0 Å². The zero-order chi connectivity index (χ0) is 20.9. The highest BCUT2D eigenvalue weighted by Crippen LogP contribution is 2.39. The van der Waals surface area contributed by atoms with Crippen molar-refractivity contribution < 1.29 is 14.3 Å². The second kappa shape index (κ2) is 9.57. The molecule has 4 heterocycles. The van der Waals surface area contributed by atoms with Crippen LogP contribution < -0.4 is 5.32 Å². The number of pyridine rings is 1. The van der Waals surface area contributed by atoms with Crippen molar-refractivity contribution in [2.75, 3.05) is 20.3 Å². The van der Waals surface area contributed by atoms with Gasteiger partial charge in [0, 0.05) is 44.2 Å². The Balaban J connectivity index is 1.61. The summed E-state index contributed by atoms with van der Waals surface area (Å²) in [6.45, 7) is 2.34. The number of esters is 1. The molecule has 0 aliphatic carbocycles. The molecule has 2 fully saturated rings. The molecule has 0 bridgehead atoms. The quantitative estimate of drug-likeness (QED) is 0.512. The summed E-state index contributed by atoms with van der Waals surface area (Å²) < 4.78 is 12.9. The van der Waals surface area contributed by atoms with Crippen LogP contribution in [0.25, 0.3) is 0 Å². The van der Waals surface area contributed by atoms with Gasteiger partial charge in [0.25, 0.3) is 0 Å². The molecule has 0 amide bonds. The molecule has 2 saturated heterocycles. The third-order valence-corrected chi connectivity index (χ3v) is 6.15. The number of ether oxygens (including phenoxy) is 2. The highest BCUT2D eigenvalue weighted by molar-refractivity contribution is 7.80. The van der Waals surface area contributed by atoms with Crippen LogP contribution in [0.2, 0.25) is 0 Å². The molecule has 30 heavy (non-hydrogen) atoms. The number of hydrogen-bond donors (Lipinski definition) is 1. The Morgan fingerprint density at radius 2 is 2.27 bits per heavy atom. The van der Waals surface area contributed by atoms with E-state index in [1.54, 1.807) is 0 Å². The third kappa shape index (κ3) is 4.49. The van der Waals surface area contributed by atoms with Gasteiger partial charge in [-0.05, 0) is 55.7 Å². The largest absolute Gasteiger partial charge is 0.469 e. The van der Waals surface area contributed by atoms with Gasteiger partial charge in [0.05, 0.1) is 31.0 Å². The summed E-state index contributed by atoms with van der Waals surface area (Å²) in [5.41, 5.74) is 2.12. The molecule has 3 atom stereocenters. The SMILES string of the molecule is COC(=O)CCCN1C(=S)N[C@@H](c2ccccn2)[C@@H]1c1cccn1C[C@@H]1CCCO1. The van der Waals surface area contributed by atoms with E-state index in [1.807, 2.05) is 24.4 Å². The third-order valence-electron chi connectivity index (χ3n) is 5.80. The fraction of sp³-hybridized carbons (Fsp3) is 0.500. The van der Waals surface area contributed by atoms with Crippen LogP contribution in [-0.4, -0.2) is 51.9 Å². The number of nitrogens with zero attached hydrogens (tertiary/aromatic N) is 3. The van der Waals surface area contributed by atoms with Gasteiger partial charge < -0.3 is 24.3 Å². The highest BCUT2D eigenvalue weighted by Gasteiger charge is 2.41. The molecule has 0 radical (unpaired) electrons. The summed E-state index contributed by atoms with van der Waals surface area (Å²) in [6.07, 6.45) is 7.42. The van der Waals surface area contributed by atoms with Crippen molar-refractivity contribution in [2.24, 2.45) is 0 Å². The fourth-order valence-electron chi connectivity index (χ4n) is 4.33. The molecule has 2 aromatic rings. The molecular formula is C22H28N4O3S. The van der Waals surface area contributed by atoms with Crippen molar-refractivity contribution in [1.82, 2.24) is 19.8 Å². The molecule has 2 aliphatic rings. The van der Waals surface area contributed by atoms with E-state index in [-0.39, 0.29) is 24.2 Å². The van der Waals surface area contributed by atoms with Crippen LogP contribution in [-0.2, 0) is 20.8 Å². The van der Waals surface area contributed by atoms with Gasteiger partial charge in [0.15, 0.2) is 5.11 Å². The Morgan fingerprint density at radius 3 is 3.00 bits per heavy atom. The van der Waals surface area contributed by atoms with E-state index in [0.29, 0.717) is 24.5 Å². The Kier molecular flexibility index (Phi) is 6.64. The first-order valence-electron chi connectivity index (χ1n) is 10.5. The molecule has 2 aromatic heterocycles. The summed E-state index contributed by atoms with van der Waals surface area (Å²) >= 11 is 5.70. The summed E-state index contributed by atoms with van der Waals surface area (Å²) in [5, 5.41) is 4.15. The fourth-order valence-corrected chi connectivity index (χ4v) is 4.67. The maximum atomic E-state index is 11.6. The summed E-state index contributed by atoms with van der Waals surface area (Å²) in [6, 6.07) is 10.1. The van der Waals surface area contributed by atoms with Gasteiger partial charge in [-0.25, -0.2) is 0 Å². The van der Waals surface area contributed by atoms with Crippen molar-refractivity contribution in [3.05, 3.63) is 54.1 Å².